The van der Waals surface area contributed by atoms with Crippen LogP contribution in [0.5, 0.6) is 5.75 Å². The van der Waals surface area contributed by atoms with Gasteiger partial charge in [-0.15, -0.1) is 0 Å². The first-order chi connectivity index (χ1) is 14.5. The largest absolute Gasteiger partial charge is 0.490 e. The summed E-state index contributed by atoms with van der Waals surface area (Å²) in [4.78, 5) is 14.5. The number of carbonyl (C=O) groups excluding carboxylic acids is 1. The van der Waals surface area contributed by atoms with Crippen molar-refractivity contribution in [2.75, 3.05) is 19.6 Å². The van der Waals surface area contributed by atoms with E-state index in [4.69, 9.17) is 16.3 Å². The van der Waals surface area contributed by atoms with Crippen molar-refractivity contribution >= 4 is 44.2 Å². The number of ether oxygens (including phenoxy) is 1. The minimum absolute atomic E-state index is 0.111. The number of aromatic nitrogens is 1. The number of hydrogen-bond donors (Lipinski definition) is 0. The molecular weight excluding hydrogens is 464 g/mol. The maximum atomic E-state index is 12.0. The fourth-order valence-corrected chi connectivity index (χ4v) is 4.91. The van der Waals surface area contributed by atoms with Gasteiger partial charge in [0.15, 0.2) is 5.78 Å². The van der Waals surface area contributed by atoms with Gasteiger partial charge in [0.1, 0.15) is 11.9 Å². The number of Topliss-reactive ketones (excluding diaryl/α,β-unsaturated/α-hetero) is 1. The van der Waals surface area contributed by atoms with Crippen LogP contribution in [0, 0.1) is 0 Å². The predicted molar refractivity (Wildman–Crippen MR) is 126 cm³/mol. The van der Waals surface area contributed by atoms with E-state index in [1.807, 2.05) is 48.7 Å². The van der Waals surface area contributed by atoms with E-state index in [0.717, 1.165) is 77.2 Å². The molecule has 0 atom stereocenters. The highest BCUT2D eigenvalue weighted by molar-refractivity contribution is 9.10. The molecule has 1 saturated heterocycles. The van der Waals surface area contributed by atoms with E-state index in [0.29, 0.717) is 0 Å². The molecule has 2 aromatic carbocycles. The molecule has 0 N–H and O–H groups in total. The van der Waals surface area contributed by atoms with Crippen LogP contribution in [0.2, 0.25) is 5.02 Å². The van der Waals surface area contributed by atoms with Gasteiger partial charge in [-0.25, -0.2) is 0 Å². The Balaban J connectivity index is 1.29. The molecule has 4 rings (SSSR count). The second kappa shape index (κ2) is 9.54. The number of carbonyl (C=O) groups is 1. The Morgan fingerprint density at radius 3 is 2.57 bits per heavy atom. The molecule has 0 amide bonds. The van der Waals surface area contributed by atoms with E-state index in [1.54, 1.807) is 6.92 Å². The smallest absolute Gasteiger partial charge is 0.161 e. The zero-order valence-corrected chi connectivity index (χ0v) is 19.5. The van der Waals surface area contributed by atoms with E-state index < -0.39 is 0 Å². The van der Waals surface area contributed by atoms with Gasteiger partial charge in [-0.3, -0.25) is 4.79 Å². The number of para-hydroxylation sites is 1. The molecule has 0 unspecified atom stereocenters. The molecular formula is C24H26BrClN2O2. The number of likely N-dealkylation sites (tertiary alicyclic amines) is 1. The van der Waals surface area contributed by atoms with Gasteiger partial charge < -0.3 is 14.2 Å². The Labute approximate surface area is 190 Å². The van der Waals surface area contributed by atoms with Gasteiger partial charge in [0, 0.05) is 46.3 Å². The van der Waals surface area contributed by atoms with Gasteiger partial charge in [-0.05, 0) is 79.0 Å². The van der Waals surface area contributed by atoms with Crippen molar-refractivity contribution < 1.29 is 9.53 Å². The topological polar surface area (TPSA) is 34.5 Å². The fourth-order valence-electron chi connectivity index (χ4n) is 4.19. The van der Waals surface area contributed by atoms with Gasteiger partial charge in [-0.2, -0.15) is 0 Å². The van der Waals surface area contributed by atoms with Crippen LogP contribution >= 0.6 is 27.5 Å². The summed E-state index contributed by atoms with van der Waals surface area (Å²) in [5.41, 5.74) is 1.91. The first-order valence-corrected chi connectivity index (χ1v) is 11.6. The van der Waals surface area contributed by atoms with Crippen LogP contribution in [0.4, 0.5) is 0 Å². The number of fused-ring (bicyclic) bond motifs is 1. The van der Waals surface area contributed by atoms with Crippen molar-refractivity contribution in [2.24, 2.45) is 0 Å². The lowest BCUT2D eigenvalue weighted by Crippen LogP contribution is -2.38. The van der Waals surface area contributed by atoms with Gasteiger partial charge in [0.25, 0.3) is 0 Å². The summed E-state index contributed by atoms with van der Waals surface area (Å²) >= 11 is 9.59. The SMILES string of the molecule is CC(=O)c1cn(CCCN2CCC(Oc3ccc(Cl)cc3)CC2)c2c(Br)cccc12. The van der Waals surface area contributed by atoms with E-state index in [1.165, 1.54) is 0 Å². The summed E-state index contributed by atoms with van der Waals surface area (Å²) in [6.45, 7) is 5.68. The molecule has 1 aliphatic heterocycles. The van der Waals surface area contributed by atoms with Gasteiger partial charge in [0.2, 0.25) is 0 Å². The average molecular weight is 490 g/mol. The second-order valence-corrected chi connectivity index (χ2v) is 9.19. The number of ketones is 1. The van der Waals surface area contributed by atoms with Crippen LogP contribution in [-0.4, -0.2) is 41.0 Å². The number of piperidine rings is 1. The number of rotatable bonds is 7. The molecule has 0 radical (unpaired) electrons. The highest BCUT2D eigenvalue weighted by Crippen LogP contribution is 2.29. The first kappa shape index (κ1) is 21.4. The maximum Gasteiger partial charge on any atom is 0.161 e. The first-order valence-electron chi connectivity index (χ1n) is 10.4. The number of nitrogens with zero attached hydrogens (tertiary/aromatic N) is 2. The lowest BCUT2D eigenvalue weighted by atomic mass is 10.1. The Bertz CT molecular complexity index is 1020. The molecule has 30 heavy (non-hydrogen) atoms. The molecule has 1 aliphatic rings. The Hall–Kier alpha value is -1.82. The van der Waals surface area contributed by atoms with Crippen molar-refractivity contribution in [1.29, 1.82) is 0 Å². The molecule has 0 bridgehead atoms. The van der Waals surface area contributed by atoms with E-state index in [2.05, 4.69) is 25.4 Å². The molecule has 1 aromatic heterocycles. The van der Waals surface area contributed by atoms with Crippen LogP contribution < -0.4 is 4.74 Å². The summed E-state index contributed by atoms with van der Waals surface area (Å²) in [5.74, 6) is 1.00. The van der Waals surface area contributed by atoms with Gasteiger partial charge in [-0.1, -0.05) is 23.7 Å². The molecule has 1 fully saturated rings. The maximum absolute atomic E-state index is 12.0. The lowest BCUT2D eigenvalue weighted by Gasteiger charge is -2.32. The minimum atomic E-state index is 0.111. The Morgan fingerprint density at radius 2 is 1.87 bits per heavy atom. The molecule has 2 heterocycles. The number of halogens is 2. The third-order valence-corrected chi connectivity index (χ3v) is 6.64. The van der Waals surface area contributed by atoms with E-state index in [-0.39, 0.29) is 11.9 Å². The van der Waals surface area contributed by atoms with Crippen LogP contribution in [0.15, 0.2) is 53.1 Å². The van der Waals surface area contributed by atoms with E-state index >= 15 is 0 Å². The second-order valence-electron chi connectivity index (χ2n) is 7.89. The zero-order chi connectivity index (χ0) is 21.1. The van der Waals surface area contributed by atoms with Crippen LogP contribution in [0.3, 0.4) is 0 Å². The highest BCUT2D eigenvalue weighted by Gasteiger charge is 2.20. The molecule has 4 nitrogen and oxygen atoms in total. The quantitative estimate of drug-likeness (QED) is 0.371. The normalized spacial score (nSPS) is 15.6. The van der Waals surface area contributed by atoms with Gasteiger partial charge in [0.05, 0.1) is 5.52 Å². The monoisotopic (exact) mass is 488 g/mol. The van der Waals surface area contributed by atoms with Crippen LogP contribution in [0.25, 0.3) is 10.9 Å². The minimum Gasteiger partial charge on any atom is -0.490 e. The number of aryl methyl sites for hydroxylation is 1. The standard InChI is InChI=1S/C24H26BrClN2O2/c1-17(29)22-16-28(24-21(22)4-2-5-23(24)25)13-3-12-27-14-10-20(11-15-27)30-19-8-6-18(26)7-9-19/h2,4-9,16,20H,3,10-15H2,1H3. The summed E-state index contributed by atoms with van der Waals surface area (Å²) < 4.78 is 9.34. The molecule has 0 spiro atoms. The number of benzene rings is 2. The van der Waals surface area contributed by atoms with Crippen molar-refractivity contribution in [3.63, 3.8) is 0 Å². The van der Waals surface area contributed by atoms with Crippen molar-refractivity contribution in [3.05, 3.63) is 63.7 Å². The summed E-state index contributed by atoms with van der Waals surface area (Å²) in [6, 6.07) is 13.7. The molecule has 158 valence electrons. The molecule has 0 aliphatic carbocycles. The van der Waals surface area contributed by atoms with Crippen LogP contribution in [-0.2, 0) is 6.54 Å². The van der Waals surface area contributed by atoms with Crippen molar-refractivity contribution in [2.45, 2.75) is 38.8 Å². The predicted octanol–water partition coefficient (Wildman–Crippen LogP) is 6.19. The van der Waals surface area contributed by atoms with Gasteiger partial charge >= 0.3 is 0 Å². The van der Waals surface area contributed by atoms with E-state index in [9.17, 15) is 4.79 Å². The molecule has 3 aromatic rings. The third kappa shape index (κ3) is 4.90. The third-order valence-electron chi connectivity index (χ3n) is 5.75. The fraction of sp³-hybridized carbons (Fsp3) is 0.375. The average Bonchev–Trinajstić information content (AvgIpc) is 3.11. The van der Waals surface area contributed by atoms with Crippen molar-refractivity contribution in [3.8, 4) is 5.75 Å². The Morgan fingerprint density at radius 1 is 1.13 bits per heavy atom. The Kier molecular flexibility index (Phi) is 6.81. The summed E-state index contributed by atoms with van der Waals surface area (Å²) in [7, 11) is 0. The molecule has 0 saturated carbocycles. The van der Waals surface area contributed by atoms with Crippen LogP contribution in [0.1, 0.15) is 36.5 Å². The lowest BCUT2D eigenvalue weighted by molar-refractivity contribution is 0.0993. The summed E-state index contributed by atoms with van der Waals surface area (Å²) in [6.07, 6.45) is 5.39. The summed E-state index contributed by atoms with van der Waals surface area (Å²) in [5, 5.41) is 1.76. The highest BCUT2D eigenvalue weighted by atomic mass is 79.9. The number of hydrogen-bond acceptors (Lipinski definition) is 3. The zero-order valence-electron chi connectivity index (χ0n) is 17.1. The van der Waals surface area contributed by atoms with Crippen molar-refractivity contribution in [1.82, 2.24) is 9.47 Å². The molecule has 6 heteroatoms.